The second kappa shape index (κ2) is 5.64. The van der Waals surface area contributed by atoms with Gasteiger partial charge in [-0.25, -0.2) is 4.98 Å². The van der Waals surface area contributed by atoms with Crippen LogP contribution in [0.3, 0.4) is 0 Å². The summed E-state index contributed by atoms with van der Waals surface area (Å²) in [6, 6.07) is -0.309. The number of nitrogens with one attached hydrogen (secondary N) is 1. The molecule has 1 N–H and O–H groups in total. The van der Waals surface area contributed by atoms with Gasteiger partial charge in [-0.05, 0) is 6.92 Å². The van der Waals surface area contributed by atoms with Gasteiger partial charge in [0.2, 0.25) is 11.8 Å². The fourth-order valence-corrected chi connectivity index (χ4v) is 1.55. The Balaban J connectivity index is 1.92. The molecule has 0 unspecified atom stereocenters. The molecule has 7 nitrogen and oxygen atoms in total. The lowest BCUT2D eigenvalue weighted by molar-refractivity contribution is -0.122. The number of amides is 1. The molecule has 0 spiro atoms. The van der Waals surface area contributed by atoms with Crippen LogP contribution in [0.1, 0.15) is 44.4 Å². The molecule has 0 bridgehead atoms. The molecule has 0 aliphatic rings. The van der Waals surface area contributed by atoms with Crippen molar-refractivity contribution in [1.82, 2.24) is 25.0 Å². The first-order chi connectivity index (χ1) is 9.06. The molecule has 2 aromatic rings. The molecule has 0 fully saturated rings. The standard InChI is InChI=1S/C12H17N5O2/c1-8(2)11-15-12(19-16-11)9(3)14-10(18)6-17-5-4-13-7-17/h4-5,7-9H,6H2,1-3H3,(H,14,18)/t9-/m1/s1. The molecule has 0 saturated heterocycles. The lowest BCUT2D eigenvalue weighted by atomic mass is 10.2. The van der Waals surface area contributed by atoms with Gasteiger partial charge < -0.3 is 14.4 Å². The van der Waals surface area contributed by atoms with Gasteiger partial charge in [0.05, 0.1) is 6.33 Å². The van der Waals surface area contributed by atoms with E-state index in [1.807, 2.05) is 20.8 Å². The van der Waals surface area contributed by atoms with Crippen LogP contribution in [0.2, 0.25) is 0 Å². The Kier molecular flexibility index (Phi) is 3.94. The molecular formula is C12H17N5O2. The van der Waals surface area contributed by atoms with Crippen LogP contribution in [0.25, 0.3) is 0 Å². The summed E-state index contributed by atoms with van der Waals surface area (Å²) in [7, 11) is 0. The predicted molar refractivity (Wildman–Crippen MR) is 67.2 cm³/mol. The average molecular weight is 263 g/mol. The Bertz CT molecular complexity index is 532. The van der Waals surface area contributed by atoms with Crippen molar-refractivity contribution in [3.05, 3.63) is 30.4 Å². The second-order valence-corrected chi connectivity index (χ2v) is 4.67. The molecule has 0 aliphatic heterocycles. The fraction of sp³-hybridized carbons (Fsp3) is 0.500. The summed E-state index contributed by atoms with van der Waals surface area (Å²) in [6.07, 6.45) is 4.95. The molecule has 0 aliphatic carbocycles. The van der Waals surface area contributed by atoms with Gasteiger partial charge in [-0.1, -0.05) is 19.0 Å². The van der Waals surface area contributed by atoms with Gasteiger partial charge in [-0.2, -0.15) is 4.98 Å². The maximum absolute atomic E-state index is 11.8. The lowest BCUT2D eigenvalue weighted by Gasteiger charge is -2.09. The van der Waals surface area contributed by atoms with E-state index in [4.69, 9.17) is 4.52 Å². The summed E-state index contributed by atoms with van der Waals surface area (Å²) in [6.45, 7) is 5.99. The molecule has 2 rings (SSSR count). The highest BCUT2D eigenvalue weighted by molar-refractivity contribution is 5.76. The third-order valence-corrected chi connectivity index (χ3v) is 2.61. The average Bonchev–Trinajstić information content (AvgIpc) is 2.98. The van der Waals surface area contributed by atoms with Crippen LogP contribution in [-0.4, -0.2) is 25.6 Å². The summed E-state index contributed by atoms with van der Waals surface area (Å²) in [4.78, 5) is 19.9. The normalized spacial score (nSPS) is 12.6. The molecule has 0 radical (unpaired) electrons. The van der Waals surface area contributed by atoms with Crippen molar-refractivity contribution in [2.75, 3.05) is 0 Å². The molecule has 1 atom stereocenters. The van der Waals surface area contributed by atoms with Gasteiger partial charge in [0.15, 0.2) is 5.82 Å². The van der Waals surface area contributed by atoms with E-state index in [0.717, 1.165) is 0 Å². The van der Waals surface area contributed by atoms with Crippen molar-refractivity contribution < 1.29 is 9.32 Å². The van der Waals surface area contributed by atoms with Gasteiger partial charge in [0.25, 0.3) is 0 Å². The molecule has 2 aromatic heterocycles. The van der Waals surface area contributed by atoms with E-state index in [9.17, 15) is 4.79 Å². The number of hydrogen-bond acceptors (Lipinski definition) is 5. The van der Waals surface area contributed by atoms with Crippen LogP contribution in [0.15, 0.2) is 23.2 Å². The molecular weight excluding hydrogens is 246 g/mol. The third-order valence-electron chi connectivity index (χ3n) is 2.61. The third kappa shape index (κ3) is 3.40. The molecule has 2 heterocycles. The Labute approximate surface area is 111 Å². The minimum atomic E-state index is -0.309. The van der Waals surface area contributed by atoms with Crippen LogP contribution < -0.4 is 5.32 Å². The number of aromatic nitrogens is 4. The van der Waals surface area contributed by atoms with Crippen molar-refractivity contribution in [3.8, 4) is 0 Å². The van der Waals surface area contributed by atoms with E-state index in [-0.39, 0.29) is 24.4 Å². The highest BCUT2D eigenvalue weighted by atomic mass is 16.5. The SMILES string of the molecule is CC(C)c1noc([C@@H](C)NC(=O)Cn2ccnc2)n1. The largest absolute Gasteiger partial charge is 0.343 e. The topological polar surface area (TPSA) is 85.8 Å². The Morgan fingerprint density at radius 1 is 1.47 bits per heavy atom. The molecule has 102 valence electrons. The number of carbonyl (C=O) groups excluding carboxylic acids is 1. The predicted octanol–water partition coefficient (Wildman–Crippen LogP) is 1.27. The summed E-state index contributed by atoms with van der Waals surface area (Å²) in [5.74, 6) is 1.13. The zero-order chi connectivity index (χ0) is 13.8. The monoisotopic (exact) mass is 263 g/mol. The van der Waals surface area contributed by atoms with E-state index in [2.05, 4.69) is 20.4 Å². The van der Waals surface area contributed by atoms with Gasteiger partial charge >= 0.3 is 0 Å². The summed E-state index contributed by atoms with van der Waals surface area (Å²) in [5, 5.41) is 6.67. The maximum Gasteiger partial charge on any atom is 0.248 e. The zero-order valence-electron chi connectivity index (χ0n) is 11.2. The van der Waals surface area contributed by atoms with Gasteiger partial charge in [0.1, 0.15) is 12.6 Å². The van der Waals surface area contributed by atoms with Crippen molar-refractivity contribution >= 4 is 5.91 Å². The summed E-state index contributed by atoms with van der Waals surface area (Å²) >= 11 is 0. The maximum atomic E-state index is 11.8. The van der Waals surface area contributed by atoms with Crippen LogP contribution in [0.5, 0.6) is 0 Å². The number of nitrogens with zero attached hydrogens (tertiary/aromatic N) is 4. The summed E-state index contributed by atoms with van der Waals surface area (Å²) < 4.78 is 6.82. The molecule has 7 heteroatoms. The van der Waals surface area contributed by atoms with E-state index < -0.39 is 0 Å². The highest BCUT2D eigenvalue weighted by Gasteiger charge is 2.17. The van der Waals surface area contributed by atoms with Crippen LogP contribution in [0, 0.1) is 0 Å². The Morgan fingerprint density at radius 3 is 2.84 bits per heavy atom. The lowest BCUT2D eigenvalue weighted by Crippen LogP contribution is -2.30. The number of hydrogen-bond donors (Lipinski definition) is 1. The van der Waals surface area contributed by atoms with Crippen molar-refractivity contribution in [1.29, 1.82) is 0 Å². The van der Waals surface area contributed by atoms with Gasteiger partial charge in [-0.15, -0.1) is 0 Å². The number of imidazole rings is 1. The molecule has 19 heavy (non-hydrogen) atoms. The van der Waals surface area contributed by atoms with E-state index >= 15 is 0 Å². The van der Waals surface area contributed by atoms with Gasteiger partial charge in [-0.3, -0.25) is 4.79 Å². The van der Waals surface area contributed by atoms with Crippen LogP contribution in [-0.2, 0) is 11.3 Å². The van der Waals surface area contributed by atoms with E-state index in [0.29, 0.717) is 11.7 Å². The smallest absolute Gasteiger partial charge is 0.248 e. The summed E-state index contributed by atoms with van der Waals surface area (Å²) in [5.41, 5.74) is 0. The van der Waals surface area contributed by atoms with Crippen molar-refractivity contribution in [2.45, 2.75) is 39.3 Å². The van der Waals surface area contributed by atoms with Crippen molar-refractivity contribution in [2.24, 2.45) is 0 Å². The Hall–Kier alpha value is -2.18. The Morgan fingerprint density at radius 2 is 2.26 bits per heavy atom. The molecule has 0 aromatic carbocycles. The highest BCUT2D eigenvalue weighted by Crippen LogP contribution is 2.14. The minimum absolute atomic E-state index is 0.130. The van der Waals surface area contributed by atoms with Crippen LogP contribution >= 0.6 is 0 Å². The van der Waals surface area contributed by atoms with Crippen LogP contribution in [0.4, 0.5) is 0 Å². The zero-order valence-corrected chi connectivity index (χ0v) is 11.2. The quantitative estimate of drug-likeness (QED) is 0.877. The number of rotatable bonds is 5. The van der Waals surface area contributed by atoms with Gasteiger partial charge in [0, 0.05) is 18.3 Å². The van der Waals surface area contributed by atoms with E-state index in [1.54, 1.807) is 23.3 Å². The molecule has 1 amide bonds. The first-order valence-corrected chi connectivity index (χ1v) is 6.15. The van der Waals surface area contributed by atoms with E-state index in [1.165, 1.54) is 0 Å². The minimum Gasteiger partial charge on any atom is -0.343 e. The first kappa shape index (κ1) is 13.3. The molecule has 0 saturated carbocycles. The fourth-order valence-electron chi connectivity index (χ4n) is 1.55. The number of carbonyl (C=O) groups is 1. The van der Waals surface area contributed by atoms with Crippen molar-refractivity contribution in [3.63, 3.8) is 0 Å². The first-order valence-electron chi connectivity index (χ1n) is 6.15. The second-order valence-electron chi connectivity index (χ2n) is 4.67.